The fourth-order valence-corrected chi connectivity index (χ4v) is 4.80. The standard InChI is InChI=1S/C24H25NO5S/c1-5-29-23(27)17-8-10-18(25-14-17)9-6-16-7-11-20-19(12-16)24(2,3)13-22(31-20)30-21(26)15-28-4/h7-8,10-12,14,22H,5,13,15H2,1-4H3. The molecule has 0 aliphatic carbocycles. The van der Waals surface area contributed by atoms with Crippen molar-refractivity contribution in [2.24, 2.45) is 0 Å². The van der Waals surface area contributed by atoms with Gasteiger partial charge in [0.25, 0.3) is 0 Å². The van der Waals surface area contributed by atoms with Gasteiger partial charge in [0.2, 0.25) is 0 Å². The number of esters is 2. The molecule has 6 nitrogen and oxygen atoms in total. The Morgan fingerprint density at radius 3 is 2.71 bits per heavy atom. The fraction of sp³-hybridized carbons (Fsp3) is 0.375. The van der Waals surface area contributed by atoms with Crippen LogP contribution in [-0.4, -0.2) is 42.7 Å². The molecule has 0 N–H and O–H groups in total. The van der Waals surface area contributed by atoms with Crippen LogP contribution in [0, 0.1) is 11.8 Å². The normalized spacial score (nSPS) is 16.5. The third kappa shape index (κ3) is 5.87. The number of rotatable bonds is 5. The average Bonchev–Trinajstić information content (AvgIpc) is 2.72. The van der Waals surface area contributed by atoms with Crippen molar-refractivity contribution < 1.29 is 23.8 Å². The van der Waals surface area contributed by atoms with Gasteiger partial charge in [0.05, 0.1) is 12.2 Å². The molecule has 0 fully saturated rings. The molecule has 2 aromatic rings. The maximum atomic E-state index is 11.8. The number of aromatic nitrogens is 1. The maximum absolute atomic E-state index is 11.8. The van der Waals surface area contributed by atoms with E-state index in [1.165, 1.54) is 18.9 Å². The Labute approximate surface area is 186 Å². The first kappa shape index (κ1) is 22.9. The number of carbonyl (C=O) groups is 2. The summed E-state index contributed by atoms with van der Waals surface area (Å²) in [5, 5.41) is 0. The van der Waals surface area contributed by atoms with E-state index in [2.05, 4.69) is 36.7 Å². The van der Waals surface area contributed by atoms with Crippen molar-refractivity contribution in [1.29, 1.82) is 0 Å². The van der Waals surface area contributed by atoms with Gasteiger partial charge in [0.1, 0.15) is 12.3 Å². The Morgan fingerprint density at radius 1 is 1.23 bits per heavy atom. The van der Waals surface area contributed by atoms with Gasteiger partial charge in [-0.3, -0.25) is 0 Å². The van der Waals surface area contributed by atoms with Gasteiger partial charge in [0, 0.05) is 30.2 Å². The van der Waals surface area contributed by atoms with Gasteiger partial charge < -0.3 is 14.2 Å². The van der Waals surface area contributed by atoms with E-state index in [1.54, 1.807) is 30.8 Å². The number of methoxy groups -OCH3 is 1. The summed E-state index contributed by atoms with van der Waals surface area (Å²) in [6.07, 6.45) is 2.17. The largest absolute Gasteiger partial charge is 0.462 e. The lowest BCUT2D eigenvalue weighted by atomic mass is 9.80. The molecule has 1 unspecified atom stereocenters. The van der Waals surface area contributed by atoms with E-state index in [0.717, 1.165) is 10.5 Å². The van der Waals surface area contributed by atoms with Crippen molar-refractivity contribution in [3.05, 3.63) is 58.9 Å². The molecule has 0 spiro atoms. The first-order valence-electron chi connectivity index (χ1n) is 9.97. The minimum Gasteiger partial charge on any atom is -0.462 e. The van der Waals surface area contributed by atoms with Crippen LogP contribution in [0.15, 0.2) is 41.4 Å². The van der Waals surface area contributed by atoms with E-state index in [1.807, 2.05) is 12.1 Å². The van der Waals surface area contributed by atoms with Crippen LogP contribution in [0.25, 0.3) is 0 Å². The molecule has 0 saturated heterocycles. The van der Waals surface area contributed by atoms with Gasteiger partial charge in [-0.2, -0.15) is 0 Å². The van der Waals surface area contributed by atoms with Crippen molar-refractivity contribution >= 4 is 23.7 Å². The summed E-state index contributed by atoms with van der Waals surface area (Å²) >= 11 is 1.54. The van der Waals surface area contributed by atoms with Crippen LogP contribution in [0.5, 0.6) is 0 Å². The van der Waals surface area contributed by atoms with Crippen LogP contribution in [0.3, 0.4) is 0 Å². The summed E-state index contributed by atoms with van der Waals surface area (Å²) < 4.78 is 15.3. The van der Waals surface area contributed by atoms with Gasteiger partial charge in [-0.05, 0) is 54.2 Å². The second kappa shape index (κ2) is 9.99. The SMILES string of the molecule is CCOC(=O)c1ccc(C#Cc2ccc3c(c2)C(C)(C)CC(OC(=O)COC)S3)nc1. The zero-order chi connectivity index (χ0) is 22.4. The quantitative estimate of drug-likeness (QED) is 0.516. The number of pyridine rings is 1. The molecule has 1 aliphatic rings. The van der Waals surface area contributed by atoms with Crippen molar-refractivity contribution in [3.8, 4) is 11.8 Å². The Kier molecular flexibility index (Phi) is 7.37. The van der Waals surface area contributed by atoms with Crippen LogP contribution < -0.4 is 0 Å². The average molecular weight is 440 g/mol. The van der Waals surface area contributed by atoms with E-state index >= 15 is 0 Å². The smallest absolute Gasteiger partial charge is 0.339 e. The van der Waals surface area contributed by atoms with E-state index in [4.69, 9.17) is 14.2 Å². The minimum atomic E-state index is -0.393. The first-order valence-corrected chi connectivity index (χ1v) is 10.8. The molecule has 3 rings (SSSR count). The predicted molar refractivity (Wildman–Crippen MR) is 118 cm³/mol. The molecule has 31 heavy (non-hydrogen) atoms. The lowest BCUT2D eigenvalue weighted by Crippen LogP contribution is -2.31. The summed E-state index contributed by atoms with van der Waals surface area (Å²) in [5.74, 6) is 5.43. The predicted octanol–water partition coefficient (Wildman–Crippen LogP) is 3.95. The summed E-state index contributed by atoms with van der Waals surface area (Å²) in [6, 6.07) is 9.40. The van der Waals surface area contributed by atoms with Crippen molar-refractivity contribution in [2.45, 2.75) is 42.9 Å². The number of carbonyl (C=O) groups excluding carboxylic acids is 2. The number of benzene rings is 1. The van der Waals surface area contributed by atoms with Crippen LogP contribution in [0.4, 0.5) is 0 Å². The minimum absolute atomic E-state index is 0.0479. The van der Waals surface area contributed by atoms with Crippen LogP contribution in [0.2, 0.25) is 0 Å². The highest BCUT2D eigenvalue weighted by Gasteiger charge is 2.35. The molecule has 1 aromatic heterocycles. The second-order valence-electron chi connectivity index (χ2n) is 7.67. The topological polar surface area (TPSA) is 74.7 Å². The lowest BCUT2D eigenvalue weighted by molar-refractivity contribution is -0.150. The third-order valence-electron chi connectivity index (χ3n) is 4.78. The van der Waals surface area contributed by atoms with E-state index in [0.29, 0.717) is 24.3 Å². The first-order chi connectivity index (χ1) is 14.8. The summed E-state index contributed by atoms with van der Waals surface area (Å²) in [6.45, 7) is 6.31. The number of nitrogens with zero attached hydrogens (tertiary/aromatic N) is 1. The lowest BCUT2D eigenvalue weighted by Gasteiger charge is -2.36. The molecule has 2 heterocycles. The highest BCUT2D eigenvalue weighted by atomic mass is 32.2. The monoisotopic (exact) mass is 439 g/mol. The molecule has 0 bridgehead atoms. The number of thioether (sulfide) groups is 1. The Bertz CT molecular complexity index is 1020. The van der Waals surface area contributed by atoms with Crippen molar-refractivity contribution in [2.75, 3.05) is 20.3 Å². The summed E-state index contributed by atoms with van der Waals surface area (Å²) in [4.78, 5) is 28.8. The van der Waals surface area contributed by atoms with E-state index in [-0.39, 0.29) is 23.4 Å². The van der Waals surface area contributed by atoms with Gasteiger partial charge >= 0.3 is 11.9 Å². The molecule has 7 heteroatoms. The fourth-order valence-electron chi connectivity index (χ4n) is 3.25. The zero-order valence-electron chi connectivity index (χ0n) is 18.1. The Balaban J connectivity index is 1.75. The third-order valence-corrected chi connectivity index (χ3v) is 5.91. The molecule has 1 aromatic carbocycles. The second-order valence-corrected chi connectivity index (χ2v) is 8.87. The Hall–Kier alpha value is -2.82. The highest BCUT2D eigenvalue weighted by Crippen LogP contribution is 2.46. The summed E-state index contributed by atoms with van der Waals surface area (Å²) in [7, 11) is 1.47. The molecular formula is C24H25NO5S. The van der Waals surface area contributed by atoms with Gasteiger partial charge in [-0.1, -0.05) is 31.5 Å². The number of hydrogen-bond donors (Lipinski definition) is 0. The van der Waals surface area contributed by atoms with E-state index < -0.39 is 5.97 Å². The molecule has 1 aliphatic heterocycles. The van der Waals surface area contributed by atoms with Crippen LogP contribution in [-0.2, 0) is 24.4 Å². The zero-order valence-corrected chi connectivity index (χ0v) is 18.9. The van der Waals surface area contributed by atoms with Gasteiger partial charge in [0.15, 0.2) is 5.44 Å². The highest BCUT2D eigenvalue weighted by molar-refractivity contribution is 7.99. The molecular weight excluding hydrogens is 414 g/mol. The van der Waals surface area contributed by atoms with E-state index in [9.17, 15) is 9.59 Å². The van der Waals surface area contributed by atoms with Gasteiger partial charge in [-0.25, -0.2) is 14.6 Å². The number of hydrogen-bond acceptors (Lipinski definition) is 7. The molecule has 0 saturated carbocycles. The number of ether oxygens (including phenoxy) is 3. The summed E-state index contributed by atoms with van der Waals surface area (Å²) in [5.41, 5.74) is 2.61. The van der Waals surface area contributed by atoms with Crippen LogP contribution >= 0.6 is 11.8 Å². The molecule has 0 radical (unpaired) electrons. The Morgan fingerprint density at radius 2 is 2.03 bits per heavy atom. The molecule has 162 valence electrons. The maximum Gasteiger partial charge on any atom is 0.339 e. The molecule has 0 amide bonds. The van der Waals surface area contributed by atoms with Crippen LogP contribution in [0.1, 0.15) is 54.4 Å². The van der Waals surface area contributed by atoms with Crippen molar-refractivity contribution in [1.82, 2.24) is 4.98 Å². The number of fused-ring (bicyclic) bond motifs is 1. The molecule has 1 atom stereocenters. The van der Waals surface area contributed by atoms with Gasteiger partial charge in [-0.15, -0.1) is 0 Å². The van der Waals surface area contributed by atoms with Crippen molar-refractivity contribution in [3.63, 3.8) is 0 Å².